The van der Waals surface area contributed by atoms with Crippen molar-refractivity contribution in [2.24, 2.45) is 0 Å². The number of carbonyl (C=O) groups excluding carboxylic acids is 2. The van der Waals surface area contributed by atoms with Crippen LogP contribution in [-0.2, 0) is 4.79 Å². The molecule has 0 saturated carbocycles. The molecule has 0 atom stereocenters. The predicted molar refractivity (Wildman–Crippen MR) is 116 cm³/mol. The molecule has 1 fully saturated rings. The van der Waals surface area contributed by atoms with Gasteiger partial charge in [-0.3, -0.25) is 9.59 Å². The molecule has 2 aliphatic heterocycles. The van der Waals surface area contributed by atoms with E-state index in [0.717, 1.165) is 11.4 Å². The van der Waals surface area contributed by atoms with Crippen LogP contribution in [0, 0.1) is 0 Å². The first kappa shape index (κ1) is 19.0. The van der Waals surface area contributed by atoms with Crippen LogP contribution >= 0.6 is 0 Å². The summed E-state index contributed by atoms with van der Waals surface area (Å²) in [5.41, 5.74) is 2.04. The summed E-state index contributed by atoms with van der Waals surface area (Å²) in [4.78, 5) is 37.6. The number of ether oxygens (including phenoxy) is 1. The lowest BCUT2D eigenvalue weighted by molar-refractivity contribution is -0.118. The van der Waals surface area contributed by atoms with Gasteiger partial charge in [0.2, 0.25) is 0 Å². The lowest BCUT2D eigenvalue weighted by Gasteiger charge is -2.35. The number of benzene rings is 2. The van der Waals surface area contributed by atoms with E-state index in [1.807, 2.05) is 41.3 Å². The molecule has 0 unspecified atom stereocenters. The molecule has 1 saturated heterocycles. The van der Waals surface area contributed by atoms with Crippen LogP contribution in [0.3, 0.4) is 0 Å². The Morgan fingerprint density at radius 3 is 2.61 bits per heavy atom. The summed E-state index contributed by atoms with van der Waals surface area (Å²) in [6.45, 7) is 2.54. The molecule has 0 aliphatic carbocycles. The Kier molecular flexibility index (Phi) is 4.95. The standard InChI is InChI=1S/C23H21N5O3/c29-21-15-31-19-7-6-17(14-18(19)25-21)23(30)28-12-10-27(11-13-28)20-8-9-24-22(26-20)16-4-2-1-3-5-16/h1-9,14H,10-13,15H2,(H,25,29). The Balaban J connectivity index is 1.26. The van der Waals surface area contributed by atoms with Gasteiger partial charge in [-0.2, -0.15) is 0 Å². The Morgan fingerprint density at radius 1 is 1.00 bits per heavy atom. The number of anilines is 2. The number of hydrogen-bond donors (Lipinski definition) is 1. The molecule has 8 nitrogen and oxygen atoms in total. The average molecular weight is 415 g/mol. The molecule has 0 bridgehead atoms. The summed E-state index contributed by atoms with van der Waals surface area (Å²) >= 11 is 0. The van der Waals surface area contributed by atoms with E-state index in [0.29, 0.717) is 49.0 Å². The number of nitrogens with zero attached hydrogens (tertiary/aromatic N) is 4. The van der Waals surface area contributed by atoms with E-state index in [1.54, 1.807) is 24.4 Å². The third-order valence-corrected chi connectivity index (χ3v) is 5.42. The van der Waals surface area contributed by atoms with E-state index in [4.69, 9.17) is 9.72 Å². The van der Waals surface area contributed by atoms with Crippen LogP contribution in [0.15, 0.2) is 60.8 Å². The average Bonchev–Trinajstić information content (AvgIpc) is 2.84. The highest BCUT2D eigenvalue weighted by Gasteiger charge is 2.25. The third kappa shape index (κ3) is 3.92. The molecular formula is C23H21N5O3. The number of piperazine rings is 1. The molecule has 5 rings (SSSR count). The Morgan fingerprint density at radius 2 is 1.81 bits per heavy atom. The Hall–Kier alpha value is -3.94. The van der Waals surface area contributed by atoms with Gasteiger partial charge in [0.15, 0.2) is 12.4 Å². The second-order valence-electron chi connectivity index (χ2n) is 7.43. The SMILES string of the molecule is O=C1COc2ccc(C(=O)N3CCN(c4ccnc(-c5ccccc5)n4)CC3)cc2N1. The van der Waals surface area contributed by atoms with E-state index in [-0.39, 0.29) is 18.4 Å². The summed E-state index contributed by atoms with van der Waals surface area (Å²) < 4.78 is 5.36. The van der Waals surface area contributed by atoms with Gasteiger partial charge in [-0.25, -0.2) is 9.97 Å². The smallest absolute Gasteiger partial charge is 0.262 e. The molecule has 1 N–H and O–H groups in total. The molecule has 156 valence electrons. The lowest BCUT2D eigenvalue weighted by Crippen LogP contribution is -2.49. The quantitative estimate of drug-likeness (QED) is 0.707. The highest BCUT2D eigenvalue weighted by Crippen LogP contribution is 2.29. The normalized spacial score (nSPS) is 15.7. The van der Waals surface area contributed by atoms with Gasteiger partial charge >= 0.3 is 0 Å². The maximum absolute atomic E-state index is 13.0. The van der Waals surface area contributed by atoms with E-state index in [2.05, 4.69) is 15.2 Å². The van der Waals surface area contributed by atoms with Gasteiger partial charge in [0.05, 0.1) is 5.69 Å². The first-order valence-electron chi connectivity index (χ1n) is 10.2. The zero-order valence-electron chi connectivity index (χ0n) is 16.8. The molecule has 2 aliphatic rings. The third-order valence-electron chi connectivity index (χ3n) is 5.42. The number of rotatable bonds is 3. The highest BCUT2D eigenvalue weighted by molar-refractivity contribution is 6.00. The molecule has 2 aromatic carbocycles. The summed E-state index contributed by atoms with van der Waals surface area (Å²) in [6, 6.07) is 16.9. The monoisotopic (exact) mass is 415 g/mol. The second kappa shape index (κ2) is 8.06. The number of nitrogens with one attached hydrogen (secondary N) is 1. The van der Waals surface area contributed by atoms with Crippen molar-refractivity contribution in [2.45, 2.75) is 0 Å². The lowest BCUT2D eigenvalue weighted by atomic mass is 10.1. The van der Waals surface area contributed by atoms with Gasteiger partial charge in [0.1, 0.15) is 11.6 Å². The summed E-state index contributed by atoms with van der Waals surface area (Å²) in [5.74, 6) is 1.85. The van der Waals surface area contributed by atoms with Crippen molar-refractivity contribution < 1.29 is 14.3 Å². The molecule has 2 amide bonds. The fourth-order valence-corrected chi connectivity index (χ4v) is 3.79. The number of amides is 2. The van der Waals surface area contributed by atoms with Crippen molar-refractivity contribution in [1.29, 1.82) is 0 Å². The predicted octanol–water partition coefficient (Wildman–Crippen LogP) is 2.44. The summed E-state index contributed by atoms with van der Waals surface area (Å²) in [7, 11) is 0. The Labute approximate surface area is 179 Å². The highest BCUT2D eigenvalue weighted by atomic mass is 16.5. The minimum absolute atomic E-state index is 0.00270. The minimum Gasteiger partial charge on any atom is -0.482 e. The van der Waals surface area contributed by atoms with E-state index in [1.165, 1.54) is 0 Å². The van der Waals surface area contributed by atoms with Gasteiger partial charge in [-0.15, -0.1) is 0 Å². The zero-order valence-corrected chi connectivity index (χ0v) is 16.8. The van der Waals surface area contributed by atoms with Crippen LogP contribution in [-0.4, -0.2) is 59.5 Å². The van der Waals surface area contributed by atoms with Gasteiger partial charge in [0.25, 0.3) is 11.8 Å². The number of carbonyl (C=O) groups is 2. The maximum Gasteiger partial charge on any atom is 0.262 e. The number of aromatic nitrogens is 2. The van der Waals surface area contributed by atoms with Crippen molar-refractivity contribution in [3.8, 4) is 17.1 Å². The molecular weight excluding hydrogens is 394 g/mol. The fraction of sp³-hybridized carbons (Fsp3) is 0.217. The van der Waals surface area contributed by atoms with Crippen LogP contribution in [0.1, 0.15) is 10.4 Å². The molecule has 0 radical (unpaired) electrons. The molecule has 8 heteroatoms. The number of fused-ring (bicyclic) bond motifs is 1. The van der Waals surface area contributed by atoms with E-state index < -0.39 is 0 Å². The molecule has 3 aromatic rings. The molecule has 3 heterocycles. The second-order valence-corrected chi connectivity index (χ2v) is 7.43. The largest absolute Gasteiger partial charge is 0.482 e. The maximum atomic E-state index is 13.0. The van der Waals surface area contributed by atoms with Gasteiger partial charge in [-0.05, 0) is 24.3 Å². The van der Waals surface area contributed by atoms with Crippen molar-refractivity contribution in [2.75, 3.05) is 43.0 Å². The Bertz CT molecular complexity index is 1130. The van der Waals surface area contributed by atoms with Crippen LogP contribution in [0.2, 0.25) is 0 Å². The van der Waals surface area contributed by atoms with Crippen LogP contribution in [0.5, 0.6) is 5.75 Å². The topological polar surface area (TPSA) is 87.7 Å². The molecule has 31 heavy (non-hydrogen) atoms. The van der Waals surface area contributed by atoms with Crippen molar-refractivity contribution >= 4 is 23.3 Å². The van der Waals surface area contributed by atoms with Crippen LogP contribution in [0.4, 0.5) is 11.5 Å². The first-order valence-corrected chi connectivity index (χ1v) is 10.2. The van der Waals surface area contributed by atoms with Crippen molar-refractivity contribution in [3.05, 3.63) is 66.4 Å². The zero-order chi connectivity index (χ0) is 21.2. The van der Waals surface area contributed by atoms with Crippen LogP contribution in [0.25, 0.3) is 11.4 Å². The summed E-state index contributed by atoms with van der Waals surface area (Å²) in [5, 5.41) is 2.75. The van der Waals surface area contributed by atoms with Crippen molar-refractivity contribution in [1.82, 2.24) is 14.9 Å². The van der Waals surface area contributed by atoms with Gasteiger partial charge in [0, 0.05) is 43.5 Å². The fourth-order valence-electron chi connectivity index (χ4n) is 3.79. The van der Waals surface area contributed by atoms with Crippen LogP contribution < -0.4 is 15.0 Å². The van der Waals surface area contributed by atoms with E-state index >= 15 is 0 Å². The minimum atomic E-state index is -0.217. The van der Waals surface area contributed by atoms with Gasteiger partial charge < -0.3 is 19.9 Å². The molecule has 0 spiro atoms. The first-order chi connectivity index (χ1) is 15.2. The molecule has 1 aromatic heterocycles. The summed E-state index contributed by atoms with van der Waals surface area (Å²) in [6.07, 6.45) is 1.77. The van der Waals surface area contributed by atoms with E-state index in [9.17, 15) is 9.59 Å². The van der Waals surface area contributed by atoms with Crippen molar-refractivity contribution in [3.63, 3.8) is 0 Å². The number of hydrogen-bond acceptors (Lipinski definition) is 6. The van der Waals surface area contributed by atoms with Gasteiger partial charge in [-0.1, -0.05) is 30.3 Å².